The van der Waals surface area contributed by atoms with Crippen LogP contribution in [0.5, 0.6) is 11.5 Å². The molecule has 2 aromatic carbocycles. The zero-order chi connectivity index (χ0) is 20.5. The van der Waals surface area contributed by atoms with Crippen LogP contribution in [-0.2, 0) is 6.42 Å². The van der Waals surface area contributed by atoms with Crippen LogP contribution in [0.2, 0.25) is 0 Å². The average Bonchev–Trinajstić information content (AvgIpc) is 3.42. The van der Waals surface area contributed by atoms with Gasteiger partial charge >= 0.3 is 0 Å². The number of likely N-dealkylation sites (tertiary alicyclic amines) is 1. The number of rotatable bonds is 4. The van der Waals surface area contributed by atoms with Crippen LogP contribution in [0, 0.1) is 11.7 Å². The first-order valence-electron chi connectivity index (χ1n) is 9.94. The monoisotopic (exact) mass is 409 g/mol. The number of carbonyl (C=O) groups excluding carboxylic acids is 1. The lowest BCUT2D eigenvalue weighted by molar-refractivity contribution is 0.0667. The summed E-state index contributed by atoms with van der Waals surface area (Å²) >= 11 is 0. The number of piperidine rings is 1. The maximum absolute atomic E-state index is 13.9. The molecule has 1 saturated heterocycles. The summed E-state index contributed by atoms with van der Waals surface area (Å²) in [5, 5.41) is 3.92. The first-order valence-corrected chi connectivity index (χ1v) is 9.94. The van der Waals surface area contributed by atoms with Crippen LogP contribution in [0.4, 0.5) is 4.39 Å². The molecule has 0 saturated carbocycles. The maximum atomic E-state index is 13.9. The van der Waals surface area contributed by atoms with Crippen molar-refractivity contribution in [3.05, 3.63) is 59.7 Å². The molecule has 5 rings (SSSR count). The van der Waals surface area contributed by atoms with E-state index in [-0.39, 0.29) is 30.3 Å². The van der Waals surface area contributed by atoms with E-state index in [0.717, 1.165) is 12.8 Å². The summed E-state index contributed by atoms with van der Waals surface area (Å²) in [6.45, 7) is 1.48. The number of fused-ring (bicyclic) bond motifs is 1. The van der Waals surface area contributed by atoms with Gasteiger partial charge < -0.3 is 18.9 Å². The van der Waals surface area contributed by atoms with Crippen LogP contribution in [0.3, 0.4) is 0 Å². The molecule has 2 aliphatic rings. The quantitative estimate of drug-likeness (QED) is 0.654. The Labute approximate surface area is 172 Å². The minimum atomic E-state index is -0.386. The minimum Gasteiger partial charge on any atom is -0.454 e. The smallest absolute Gasteiger partial charge is 0.254 e. The Hall–Kier alpha value is -3.42. The number of aromatic nitrogens is 2. The highest BCUT2D eigenvalue weighted by atomic mass is 19.1. The Morgan fingerprint density at radius 3 is 2.93 bits per heavy atom. The summed E-state index contributed by atoms with van der Waals surface area (Å²) in [5.74, 6) is 1.73. The van der Waals surface area contributed by atoms with Crippen LogP contribution in [-0.4, -0.2) is 40.8 Å². The average molecular weight is 409 g/mol. The molecule has 2 aliphatic heterocycles. The molecule has 30 heavy (non-hydrogen) atoms. The van der Waals surface area contributed by atoms with Crippen molar-refractivity contribution in [2.45, 2.75) is 19.3 Å². The molecular formula is C22H20FN3O4. The molecule has 1 fully saturated rings. The van der Waals surface area contributed by atoms with Crippen LogP contribution in [0.25, 0.3) is 11.4 Å². The van der Waals surface area contributed by atoms with Crippen molar-refractivity contribution in [2.24, 2.45) is 5.92 Å². The van der Waals surface area contributed by atoms with Crippen LogP contribution < -0.4 is 9.47 Å². The molecule has 1 unspecified atom stereocenters. The SMILES string of the molecule is O=C(c1ccc2c(c1)OCO2)N1CCCC(Cc2nc(-c3ccccc3F)no2)C1. The summed E-state index contributed by atoms with van der Waals surface area (Å²) < 4.78 is 30.0. The molecule has 8 heteroatoms. The van der Waals surface area contributed by atoms with Gasteiger partial charge in [0.2, 0.25) is 18.5 Å². The van der Waals surface area contributed by atoms with Crippen LogP contribution in [0.15, 0.2) is 47.0 Å². The predicted molar refractivity (Wildman–Crippen MR) is 105 cm³/mol. The maximum Gasteiger partial charge on any atom is 0.254 e. The van der Waals surface area contributed by atoms with Crippen molar-refractivity contribution in [3.8, 4) is 22.9 Å². The van der Waals surface area contributed by atoms with E-state index >= 15 is 0 Å². The van der Waals surface area contributed by atoms with Crippen molar-refractivity contribution in [2.75, 3.05) is 19.9 Å². The third-order valence-electron chi connectivity index (χ3n) is 5.47. The number of ether oxygens (including phenoxy) is 2. The molecular weight excluding hydrogens is 389 g/mol. The van der Waals surface area contributed by atoms with Gasteiger partial charge in [0.25, 0.3) is 5.91 Å². The summed E-state index contributed by atoms with van der Waals surface area (Å²) in [6.07, 6.45) is 2.41. The van der Waals surface area contributed by atoms with Crippen LogP contribution >= 0.6 is 0 Å². The number of hydrogen-bond acceptors (Lipinski definition) is 6. The van der Waals surface area contributed by atoms with Crippen molar-refractivity contribution < 1.29 is 23.2 Å². The lowest BCUT2D eigenvalue weighted by Crippen LogP contribution is -2.40. The van der Waals surface area contributed by atoms with E-state index in [1.54, 1.807) is 36.4 Å². The fourth-order valence-electron chi connectivity index (χ4n) is 3.96. The molecule has 1 aromatic heterocycles. The van der Waals surface area contributed by atoms with E-state index in [1.165, 1.54) is 6.07 Å². The molecule has 1 atom stereocenters. The van der Waals surface area contributed by atoms with Gasteiger partial charge in [-0.1, -0.05) is 17.3 Å². The van der Waals surface area contributed by atoms with Gasteiger partial charge in [0.1, 0.15) is 5.82 Å². The summed E-state index contributed by atoms with van der Waals surface area (Å²) in [5.41, 5.74) is 0.898. The number of halogens is 1. The highest BCUT2D eigenvalue weighted by Gasteiger charge is 2.27. The van der Waals surface area contributed by atoms with Gasteiger partial charge in [-0.05, 0) is 49.1 Å². The first-order chi connectivity index (χ1) is 14.7. The molecule has 3 aromatic rings. The first kappa shape index (κ1) is 18.6. The normalized spacial score (nSPS) is 17.9. The van der Waals surface area contributed by atoms with Gasteiger partial charge in [-0.3, -0.25) is 4.79 Å². The van der Waals surface area contributed by atoms with Gasteiger partial charge in [-0.15, -0.1) is 0 Å². The number of nitrogens with zero attached hydrogens (tertiary/aromatic N) is 3. The van der Waals surface area contributed by atoms with Gasteiger partial charge in [0, 0.05) is 25.1 Å². The Bertz CT molecular complexity index is 1080. The fraction of sp³-hybridized carbons (Fsp3) is 0.318. The van der Waals surface area contributed by atoms with E-state index in [2.05, 4.69) is 10.1 Å². The zero-order valence-electron chi connectivity index (χ0n) is 16.2. The topological polar surface area (TPSA) is 77.7 Å². The molecule has 7 nitrogen and oxygen atoms in total. The second-order valence-electron chi connectivity index (χ2n) is 7.52. The number of hydrogen-bond donors (Lipinski definition) is 0. The van der Waals surface area contributed by atoms with Crippen LogP contribution in [0.1, 0.15) is 29.1 Å². The van der Waals surface area contributed by atoms with E-state index in [0.29, 0.717) is 48.0 Å². The Morgan fingerprint density at radius 2 is 2.03 bits per heavy atom. The number of amides is 1. The lowest BCUT2D eigenvalue weighted by Gasteiger charge is -2.32. The van der Waals surface area contributed by atoms with Crippen molar-refractivity contribution in [1.29, 1.82) is 0 Å². The predicted octanol–water partition coefficient (Wildman–Crippen LogP) is 3.70. The molecule has 1 amide bonds. The second kappa shape index (κ2) is 7.78. The van der Waals surface area contributed by atoms with Gasteiger partial charge in [-0.2, -0.15) is 4.98 Å². The highest BCUT2D eigenvalue weighted by molar-refractivity contribution is 5.95. The molecule has 0 aliphatic carbocycles. The number of benzene rings is 2. The third kappa shape index (κ3) is 3.60. The number of carbonyl (C=O) groups is 1. The second-order valence-corrected chi connectivity index (χ2v) is 7.52. The molecule has 0 bridgehead atoms. The van der Waals surface area contributed by atoms with E-state index in [1.807, 2.05) is 4.90 Å². The fourth-order valence-corrected chi connectivity index (χ4v) is 3.96. The van der Waals surface area contributed by atoms with Gasteiger partial charge in [0.05, 0.1) is 5.56 Å². The van der Waals surface area contributed by atoms with Gasteiger partial charge in [0.15, 0.2) is 11.5 Å². The van der Waals surface area contributed by atoms with E-state index in [9.17, 15) is 9.18 Å². The van der Waals surface area contributed by atoms with E-state index in [4.69, 9.17) is 14.0 Å². The van der Waals surface area contributed by atoms with Gasteiger partial charge in [-0.25, -0.2) is 4.39 Å². The third-order valence-corrected chi connectivity index (χ3v) is 5.47. The summed E-state index contributed by atoms with van der Waals surface area (Å²) in [4.78, 5) is 19.2. The van der Waals surface area contributed by atoms with Crippen molar-refractivity contribution in [1.82, 2.24) is 15.0 Å². The molecule has 0 radical (unpaired) electrons. The van der Waals surface area contributed by atoms with Crippen molar-refractivity contribution in [3.63, 3.8) is 0 Å². The standard InChI is InChI=1S/C22H20FN3O4/c23-17-6-2-1-5-16(17)21-24-20(30-25-21)10-14-4-3-9-26(12-14)22(27)15-7-8-18-19(11-15)29-13-28-18/h1-2,5-8,11,14H,3-4,9-10,12-13H2. The Morgan fingerprint density at radius 1 is 1.17 bits per heavy atom. The molecule has 0 N–H and O–H groups in total. The Kier molecular flexibility index (Phi) is 4.82. The zero-order valence-corrected chi connectivity index (χ0v) is 16.2. The minimum absolute atomic E-state index is 0.0319. The largest absolute Gasteiger partial charge is 0.454 e. The lowest BCUT2D eigenvalue weighted by atomic mass is 9.94. The van der Waals surface area contributed by atoms with E-state index < -0.39 is 0 Å². The molecule has 3 heterocycles. The molecule has 0 spiro atoms. The van der Waals surface area contributed by atoms with Crippen molar-refractivity contribution >= 4 is 5.91 Å². The summed E-state index contributed by atoms with van der Waals surface area (Å²) in [6, 6.07) is 11.6. The molecule has 154 valence electrons. The summed E-state index contributed by atoms with van der Waals surface area (Å²) in [7, 11) is 0. The Balaban J connectivity index is 1.26. The highest BCUT2D eigenvalue weighted by Crippen LogP contribution is 2.33.